The summed E-state index contributed by atoms with van der Waals surface area (Å²) in [6.45, 7) is 0.460. The van der Waals surface area contributed by atoms with E-state index in [0.717, 1.165) is 22.5 Å². The first-order valence-corrected chi connectivity index (χ1v) is 10.2. The van der Waals surface area contributed by atoms with Gasteiger partial charge in [0, 0.05) is 43.4 Å². The first-order valence-electron chi connectivity index (χ1n) is 9.36. The van der Waals surface area contributed by atoms with Gasteiger partial charge in [0.1, 0.15) is 0 Å². The van der Waals surface area contributed by atoms with E-state index >= 15 is 0 Å². The van der Waals surface area contributed by atoms with Gasteiger partial charge in [-0.3, -0.25) is 9.59 Å². The molecular formula is C21H20N6O2S. The van der Waals surface area contributed by atoms with E-state index in [0.29, 0.717) is 23.2 Å². The standard InChI is InChI=1S/C21H20N6O2S/c1-23-17-4-2-3-13-6-16(19(29)7-15(13)17)18(28)5-12-8-24-21(25-9-12)26-10-14-11-30-20(22)27-14/h2-4,6,8-9,11,23H,5,7,10H2,1H3,(H2,22,27)(H,24,25,26). The fourth-order valence-electron chi connectivity index (χ4n) is 3.29. The summed E-state index contributed by atoms with van der Waals surface area (Å²) in [4.78, 5) is 37.9. The number of nitrogens with zero attached hydrogens (tertiary/aromatic N) is 3. The Kier molecular flexibility index (Phi) is 5.53. The van der Waals surface area contributed by atoms with E-state index in [1.54, 1.807) is 18.5 Å². The highest BCUT2D eigenvalue weighted by Crippen LogP contribution is 2.28. The number of anilines is 3. The van der Waals surface area contributed by atoms with Crippen molar-refractivity contribution in [1.82, 2.24) is 15.0 Å². The quantitative estimate of drug-likeness (QED) is 0.498. The Morgan fingerprint density at radius 3 is 2.77 bits per heavy atom. The van der Waals surface area contributed by atoms with Crippen molar-refractivity contribution >= 4 is 45.7 Å². The fraction of sp³-hybridized carbons (Fsp3) is 0.190. The molecule has 0 spiro atoms. The molecule has 8 nitrogen and oxygen atoms in total. The normalized spacial score (nSPS) is 12.8. The number of carbonyl (C=O) groups is 2. The molecule has 0 radical (unpaired) electrons. The topological polar surface area (TPSA) is 123 Å². The van der Waals surface area contributed by atoms with Crippen molar-refractivity contribution in [1.29, 1.82) is 0 Å². The summed E-state index contributed by atoms with van der Waals surface area (Å²) in [6.07, 6.45) is 5.14. The van der Waals surface area contributed by atoms with Crippen LogP contribution in [0.1, 0.15) is 22.4 Å². The molecule has 0 saturated heterocycles. The second-order valence-corrected chi connectivity index (χ2v) is 7.72. The van der Waals surface area contributed by atoms with Gasteiger partial charge in [-0.1, -0.05) is 12.1 Å². The summed E-state index contributed by atoms with van der Waals surface area (Å²) in [5.74, 6) is 0.0268. The lowest BCUT2D eigenvalue weighted by Gasteiger charge is -2.18. The van der Waals surface area contributed by atoms with Crippen LogP contribution in [0.25, 0.3) is 6.08 Å². The van der Waals surface area contributed by atoms with E-state index < -0.39 is 0 Å². The Morgan fingerprint density at radius 2 is 2.07 bits per heavy atom. The zero-order chi connectivity index (χ0) is 21.1. The van der Waals surface area contributed by atoms with Gasteiger partial charge in [0.15, 0.2) is 16.7 Å². The van der Waals surface area contributed by atoms with Gasteiger partial charge in [-0.2, -0.15) is 0 Å². The number of thiazole rings is 1. The molecule has 9 heteroatoms. The molecule has 30 heavy (non-hydrogen) atoms. The van der Waals surface area contributed by atoms with Gasteiger partial charge in [-0.25, -0.2) is 15.0 Å². The Balaban J connectivity index is 1.43. The molecule has 0 unspecified atom stereocenters. The smallest absolute Gasteiger partial charge is 0.222 e. The average molecular weight is 420 g/mol. The maximum Gasteiger partial charge on any atom is 0.222 e. The van der Waals surface area contributed by atoms with E-state index in [1.165, 1.54) is 11.3 Å². The van der Waals surface area contributed by atoms with Crippen LogP contribution in [-0.2, 0) is 29.0 Å². The Morgan fingerprint density at radius 1 is 1.27 bits per heavy atom. The number of benzene rings is 1. The number of ketones is 2. The number of hydrogen-bond acceptors (Lipinski definition) is 9. The lowest BCUT2D eigenvalue weighted by atomic mass is 9.87. The molecule has 0 bridgehead atoms. The maximum atomic E-state index is 12.7. The van der Waals surface area contributed by atoms with Crippen LogP contribution in [-0.4, -0.2) is 33.6 Å². The zero-order valence-electron chi connectivity index (χ0n) is 16.3. The third kappa shape index (κ3) is 4.20. The van der Waals surface area contributed by atoms with Crippen LogP contribution < -0.4 is 16.4 Å². The third-order valence-corrected chi connectivity index (χ3v) is 5.51. The first-order chi connectivity index (χ1) is 14.5. The molecule has 152 valence electrons. The highest BCUT2D eigenvalue weighted by molar-refractivity contribution is 7.13. The number of aromatic nitrogens is 3. The van der Waals surface area contributed by atoms with Crippen molar-refractivity contribution in [3.8, 4) is 0 Å². The molecule has 0 fully saturated rings. The van der Waals surface area contributed by atoms with Gasteiger partial charge in [0.25, 0.3) is 0 Å². The Labute approximate surface area is 177 Å². The molecular weight excluding hydrogens is 400 g/mol. The van der Waals surface area contributed by atoms with Crippen LogP contribution >= 0.6 is 11.3 Å². The Bertz CT molecular complexity index is 1140. The minimum Gasteiger partial charge on any atom is -0.388 e. The van der Waals surface area contributed by atoms with Crippen LogP contribution in [0.5, 0.6) is 0 Å². The molecule has 1 aliphatic rings. The monoisotopic (exact) mass is 420 g/mol. The van der Waals surface area contributed by atoms with E-state index in [2.05, 4.69) is 25.6 Å². The van der Waals surface area contributed by atoms with Gasteiger partial charge in [-0.05, 0) is 28.8 Å². The number of carbonyl (C=O) groups excluding carboxylic acids is 2. The van der Waals surface area contributed by atoms with Gasteiger partial charge in [0.05, 0.1) is 17.8 Å². The van der Waals surface area contributed by atoms with E-state index in [1.807, 2.05) is 30.6 Å². The number of fused-ring (bicyclic) bond motifs is 1. The minimum absolute atomic E-state index is 0.0710. The van der Waals surface area contributed by atoms with Gasteiger partial charge in [0.2, 0.25) is 5.95 Å². The molecule has 2 heterocycles. The SMILES string of the molecule is CNc1cccc2c1CC(=O)C(C(=O)Cc1cnc(NCc3csc(N)n3)nc1)=C2. The lowest BCUT2D eigenvalue weighted by Crippen LogP contribution is -2.21. The summed E-state index contributed by atoms with van der Waals surface area (Å²) >= 11 is 1.37. The van der Waals surface area contributed by atoms with Crippen molar-refractivity contribution in [2.24, 2.45) is 0 Å². The number of rotatable bonds is 7. The van der Waals surface area contributed by atoms with Crippen molar-refractivity contribution in [2.75, 3.05) is 23.4 Å². The number of hydrogen-bond donors (Lipinski definition) is 3. The first kappa shape index (κ1) is 19.7. The highest BCUT2D eigenvalue weighted by atomic mass is 32.1. The number of Topliss-reactive ketones (excluding diaryl/α,β-unsaturated/α-hetero) is 2. The number of nitrogens with two attached hydrogens (primary N) is 1. The number of nitrogens with one attached hydrogen (secondary N) is 2. The van der Waals surface area contributed by atoms with Gasteiger partial charge < -0.3 is 16.4 Å². The molecule has 0 aliphatic heterocycles. The van der Waals surface area contributed by atoms with Gasteiger partial charge >= 0.3 is 0 Å². The second-order valence-electron chi connectivity index (χ2n) is 6.83. The predicted octanol–water partition coefficient (Wildman–Crippen LogP) is 2.49. The largest absolute Gasteiger partial charge is 0.388 e. The molecule has 1 aromatic carbocycles. The zero-order valence-corrected chi connectivity index (χ0v) is 17.1. The van der Waals surface area contributed by atoms with Crippen LogP contribution in [0, 0.1) is 0 Å². The highest BCUT2D eigenvalue weighted by Gasteiger charge is 2.25. The second kappa shape index (κ2) is 8.42. The molecule has 4 N–H and O–H groups in total. The molecule has 1 aliphatic carbocycles. The van der Waals surface area contributed by atoms with E-state index in [4.69, 9.17) is 5.73 Å². The summed E-state index contributed by atoms with van der Waals surface area (Å²) in [5.41, 5.74) is 10.0. The van der Waals surface area contributed by atoms with Crippen molar-refractivity contribution in [2.45, 2.75) is 19.4 Å². The summed E-state index contributed by atoms with van der Waals surface area (Å²) in [7, 11) is 1.81. The molecule has 3 aromatic rings. The maximum absolute atomic E-state index is 12.7. The molecule has 2 aromatic heterocycles. The third-order valence-electron chi connectivity index (χ3n) is 4.79. The van der Waals surface area contributed by atoms with Crippen molar-refractivity contribution in [3.05, 3.63) is 63.9 Å². The average Bonchev–Trinajstić information content (AvgIpc) is 3.17. The molecule has 4 rings (SSSR count). The van der Waals surface area contributed by atoms with Gasteiger partial charge in [-0.15, -0.1) is 11.3 Å². The molecule has 0 saturated carbocycles. The van der Waals surface area contributed by atoms with Crippen molar-refractivity contribution < 1.29 is 9.59 Å². The summed E-state index contributed by atoms with van der Waals surface area (Å²) in [6, 6.07) is 5.73. The van der Waals surface area contributed by atoms with E-state index in [-0.39, 0.29) is 30.0 Å². The fourth-order valence-corrected chi connectivity index (χ4v) is 3.85. The summed E-state index contributed by atoms with van der Waals surface area (Å²) < 4.78 is 0. The van der Waals surface area contributed by atoms with Crippen LogP contribution in [0.3, 0.4) is 0 Å². The summed E-state index contributed by atoms with van der Waals surface area (Å²) in [5, 5.41) is 8.52. The Hall–Kier alpha value is -3.59. The minimum atomic E-state index is -0.234. The van der Waals surface area contributed by atoms with Crippen LogP contribution in [0.15, 0.2) is 41.5 Å². The number of nitrogen functional groups attached to an aromatic ring is 1. The predicted molar refractivity (Wildman–Crippen MR) is 117 cm³/mol. The molecule has 0 atom stereocenters. The number of allylic oxidation sites excluding steroid dienone is 1. The lowest BCUT2D eigenvalue weighted by molar-refractivity contribution is -0.120. The van der Waals surface area contributed by atoms with E-state index in [9.17, 15) is 9.59 Å². The molecule has 0 amide bonds. The van der Waals surface area contributed by atoms with Crippen LogP contribution in [0.4, 0.5) is 16.8 Å². The van der Waals surface area contributed by atoms with Crippen molar-refractivity contribution in [3.63, 3.8) is 0 Å². The van der Waals surface area contributed by atoms with Crippen LogP contribution in [0.2, 0.25) is 0 Å².